The lowest BCUT2D eigenvalue weighted by molar-refractivity contribution is -0.124. The van der Waals surface area contributed by atoms with Crippen molar-refractivity contribution in [3.05, 3.63) is 59.1 Å². The van der Waals surface area contributed by atoms with Crippen LogP contribution in [0.5, 0.6) is 5.75 Å². The van der Waals surface area contributed by atoms with E-state index in [1.54, 1.807) is 0 Å². The van der Waals surface area contributed by atoms with E-state index in [9.17, 15) is 13.2 Å². The van der Waals surface area contributed by atoms with Crippen molar-refractivity contribution in [3.8, 4) is 5.75 Å². The summed E-state index contributed by atoms with van der Waals surface area (Å²) in [6, 6.07) is 12.5. The summed E-state index contributed by atoms with van der Waals surface area (Å²) in [6.45, 7) is 7.74. The fourth-order valence-electron chi connectivity index (χ4n) is 2.67. The Kier molecular flexibility index (Phi) is 7.68. The molecule has 2 rings (SSSR count). The number of nitrogens with one attached hydrogen (secondary N) is 2. The zero-order valence-corrected chi connectivity index (χ0v) is 18.6. The molecule has 2 N–H and O–H groups in total. The summed E-state index contributed by atoms with van der Waals surface area (Å²) >= 11 is 6.13. The quantitative estimate of drug-likeness (QED) is 0.660. The maximum Gasteiger partial charge on any atom is 0.241 e. The molecule has 0 spiro atoms. The maximum absolute atomic E-state index is 12.9. The molecule has 2 aromatic rings. The minimum atomic E-state index is -3.99. The largest absolute Gasteiger partial charge is 0.492 e. The second kappa shape index (κ2) is 9.61. The normalized spacial score (nSPS) is 13.0. The zero-order chi connectivity index (χ0) is 21.7. The van der Waals surface area contributed by atoms with E-state index >= 15 is 0 Å². The first kappa shape index (κ1) is 23.2. The molecule has 0 saturated carbocycles. The highest BCUT2D eigenvalue weighted by Crippen LogP contribution is 2.27. The summed E-state index contributed by atoms with van der Waals surface area (Å²) in [5, 5.41) is 3.03. The summed E-state index contributed by atoms with van der Waals surface area (Å²) in [6.07, 6.45) is 0.215. The Hall–Kier alpha value is -2.09. The van der Waals surface area contributed by atoms with Crippen LogP contribution in [0.25, 0.3) is 0 Å². The number of carbonyl (C=O) groups excluding carboxylic acids is 1. The Morgan fingerprint density at radius 3 is 2.34 bits per heavy atom. The van der Waals surface area contributed by atoms with Gasteiger partial charge in [0.05, 0.1) is 16.5 Å². The molecule has 0 aromatic heterocycles. The second-order valence-corrected chi connectivity index (χ2v) is 9.75. The van der Waals surface area contributed by atoms with Gasteiger partial charge in [-0.05, 0) is 57.9 Å². The van der Waals surface area contributed by atoms with Gasteiger partial charge in [-0.25, -0.2) is 8.42 Å². The monoisotopic (exact) mass is 438 g/mol. The van der Waals surface area contributed by atoms with E-state index in [1.807, 2.05) is 58.0 Å². The maximum atomic E-state index is 12.9. The first-order chi connectivity index (χ1) is 13.5. The fourth-order valence-corrected chi connectivity index (χ4v) is 4.19. The average molecular weight is 439 g/mol. The molecule has 1 atom stereocenters. The highest BCUT2D eigenvalue weighted by molar-refractivity contribution is 7.89. The smallest absolute Gasteiger partial charge is 0.241 e. The van der Waals surface area contributed by atoms with Crippen LogP contribution in [0.2, 0.25) is 5.02 Å². The second-order valence-electron chi connectivity index (χ2n) is 7.63. The van der Waals surface area contributed by atoms with E-state index in [2.05, 4.69) is 10.0 Å². The number of sulfonamides is 1. The van der Waals surface area contributed by atoms with E-state index < -0.39 is 27.5 Å². The number of carbonyl (C=O) groups is 1. The molecule has 29 heavy (non-hydrogen) atoms. The van der Waals surface area contributed by atoms with Crippen LogP contribution in [0.3, 0.4) is 0 Å². The molecule has 1 unspecified atom stereocenters. The van der Waals surface area contributed by atoms with Gasteiger partial charge in [-0.2, -0.15) is 4.72 Å². The van der Waals surface area contributed by atoms with Crippen molar-refractivity contribution in [2.45, 2.75) is 50.6 Å². The van der Waals surface area contributed by atoms with E-state index in [0.29, 0.717) is 12.4 Å². The van der Waals surface area contributed by atoms with Crippen LogP contribution in [-0.2, 0) is 21.2 Å². The van der Waals surface area contributed by atoms with E-state index in [0.717, 1.165) is 5.56 Å². The van der Waals surface area contributed by atoms with E-state index in [1.165, 1.54) is 18.2 Å². The van der Waals surface area contributed by atoms with Gasteiger partial charge in [-0.1, -0.05) is 41.9 Å². The van der Waals surface area contributed by atoms with Crippen molar-refractivity contribution >= 4 is 27.5 Å². The molecule has 0 saturated heterocycles. The molecule has 8 heteroatoms. The molecule has 0 aliphatic carbocycles. The summed E-state index contributed by atoms with van der Waals surface area (Å²) in [5.74, 6) is 0.00129. The van der Waals surface area contributed by atoms with Gasteiger partial charge in [0.25, 0.3) is 0 Å². The van der Waals surface area contributed by atoms with Crippen molar-refractivity contribution in [3.63, 3.8) is 0 Å². The minimum absolute atomic E-state index is 0.0347. The molecule has 0 fully saturated rings. The van der Waals surface area contributed by atoms with Gasteiger partial charge in [-0.3, -0.25) is 4.79 Å². The SMILES string of the molecule is CCOc1ccc(S(=O)(=O)NC(Cc2ccccc2)C(=O)NC(C)(C)C)cc1Cl. The number of hydrogen-bond donors (Lipinski definition) is 2. The van der Waals surface area contributed by atoms with Crippen LogP contribution >= 0.6 is 11.6 Å². The summed E-state index contributed by atoms with van der Waals surface area (Å²) in [7, 11) is -3.99. The zero-order valence-electron chi connectivity index (χ0n) is 17.0. The summed E-state index contributed by atoms with van der Waals surface area (Å²) in [5.41, 5.74) is 0.342. The highest BCUT2D eigenvalue weighted by atomic mass is 35.5. The van der Waals surface area contributed by atoms with Crippen LogP contribution < -0.4 is 14.8 Å². The van der Waals surface area contributed by atoms with Crippen molar-refractivity contribution in [2.75, 3.05) is 6.61 Å². The number of ether oxygens (including phenoxy) is 1. The van der Waals surface area contributed by atoms with Crippen molar-refractivity contribution in [1.82, 2.24) is 10.0 Å². The molecule has 0 aliphatic rings. The van der Waals surface area contributed by atoms with Crippen LogP contribution in [-0.4, -0.2) is 32.5 Å². The Labute approximate surface area is 177 Å². The third kappa shape index (κ3) is 7.03. The number of hydrogen-bond acceptors (Lipinski definition) is 4. The van der Waals surface area contributed by atoms with E-state index in [-0.39, 0.29) is 16.3 Å². The highest BCUT2D eigenvalue weighted by Gasteiger charge is 2.28. The third-order valence-corrected chi connectivity index (χ3v) is 5.67. The lowest BCUT2D eigenvalue weighted by Crippen LogP contribution is -2.52. The van der Waals surface area contributed by atoms with Gasteiger partial charge in [0, 0.05) is 5.54 Å². The summed E-state index contributed by atoms with van der Waals surface area (Å²) < 4.78 is 33.7. The minimum Gasteiger partial charge on any atom is -0.492 e. The van der Waals surface area contributed by atoms with Gasteiger partial charge < -0.3 is 10.1 Å². The third-order valence-electron chi connectivity index (χ3n) is 3.91. The number of halogens is 1. The molecule has 0 heterocycles. The lowest BCUT2D eigenvalue weighted by atomic mass is 10.0. The molecule has 1 amide bonds. The van der Waals surface area contributed by atoms with Gasteiger partial charge in [0.15, 0.2) is 0 Å². The van der Waals surface area contributed by atoms with Gasteiger partial charge in [0.2, 0.25) is 15.9 Å². The predicted molar refractivity (Wildman–Crippen MR) is 115 cm³/mol. The molecule has 0 bridgehead atoms. The summed E-state index contributed by atoms with van der Waals surface area (Å²) in [4.78, 5) is 12.8. The Bertz CT molecular complexity index is 941. The van der Waals surface area contributed by atoms with Crippen LogP contribution in [0.4, 0.5) is 0 Å². The Balaban J connectivity index is 2.30. The van der Waals surface area contributed by atoms with Crippen LogP contribution in [0.15, 0.2) is 53.4 Å². The molecular weight excluding hydrogens is 412 g/mol. The first-order valence-corrected chi connectivity index (χ1v) is 11.2. The molecule has 2 aromatic carbocycles. The number of rotatable bonds is 8. The lowest BCUT2D eigenvalue weighted by Gasteiger charge is -2.25. The Morgan fingerprint density at radius 1 is 1.14 bits per heavy atom. The van der Waals surface area contributed by atoms with Crippen LogP contribution in [0, 0.1) is 0 Å². The van der Waals surface area contributed by atoms with Crippen LogP contribution in [0.1, 0.15) is 33.3 Å². The fraction of sp³-hybridized carbons (Fsp3) is 0.381. The molecule has 0 aliphatic heterocycles. The van der Waals surface area contributed by atoms with Crippen molar-refractivity contribution < 1.29 is 17.9 Å². The van der Waals surface area contributed by atoms with Crippen molar-refractivity contribution in [2.24, 2.45) is 0 Å². The Morgan fingerprint density at radius 2 is 1.79 bits per heavy atom. The first-order valence-electron chi connectivity index (χ1n) is 9.32. The van der Waals surface area contributed by atoms with Gasteiger partial charge >= 0.3 is 0 Å². The molecular formula is C21H27ClN2O4S. The van der Waals surface area contributed by atoms with Crippen molar-refractivity contribution in [1.29, 1.82) is 0 Å². The predicted octanol–water partition coefficient (Wildman–Crippen LogP) is 3.54. The van der Waals surface area contributed by atoms with E-state index in [4.69, 9.17) is 16.3 Å². The average Bonchev–Trinajstić information content (AvgIpc) is 2.62. The van der Waals surface area contributed by atoms with Gasteiger partial charge in [-0.15, -0.1) is 0 Å². The molecule has 6 nitrogen and oxygen atoms in total. The topological polar surface area (TPSA) is 84.5 Å². The van der Waals surface area contributed by atoms with Gasteiger partial charge in [0.1, 0.15) is 11.8 Å². The molecule has 0 radical (unpaired) electrons. The molecule has 158 valence electrons. The standard InChI is InChI=1S/C21H27ClN2O4S/c1-5-28-19-12-11-16(14-17(19)22)29(26,27)24-18(20(25)23-21(2,3)4)13-15-9-7-6-8-10-15/h6-12,14,18,24H,5,13H2,1-4H3,(H,23,25). The number of amides is 1. The number of benzene rings is 2.